The Bertz CT molecular complexity index is 1740. The zero-order chi connectivity index (χ0) is 25.4. The molecular formula is C32H27N3OS. The van der Waals surface area contributed by atoms with E-state index in [0.29, 0.717) is 5.75 Å². The maximum Gasteiger partial charge on any atom is 0.146 e. The number of pyridine rings is 2. The van der Waals surface area contributed by atoms with E-state index in [-0.39, 0.29) is 0 Å². The Hall–Kier alpha value is -4.09. The maximum absolute atomic E-state index is 11.3. The summed E-state index contributed by atoms with van der Waals surface area (Å²) in [6, 6.07) is 31.1. The van der Waals surface area contributed by atoms with Crippen LogP contribution in [-0.4, -0.2) is 19.6 Å². The van der Waals surface area contributed by atoms with Crippen molar-refractivity contribution in [2.45, 2.75) is 36.6 Å². The van der Waals surface area contributed by atoms with E-state index in [0.717, 1.165) is 67.2 Å². The minimum atomic E-state index is 0.323. The van der Waals surface area contributed by atoms with Crippen molar-refractivity contribution in [3.05, 3.63) is 108 Å². The molecule has 0 saturated heterocycles. The third-order valence-electron chi connectivity index (χ3n) is 6.77. The SMILES string of the molecule is CCc1cc(CC)c(O)c(-n2c3ccccc3c3ccc(-c4cccc(Sc5ccccn5)c4)nc32)c1. The zero-order valence-electron chi connectivity index (χ0n) is 20.8. The highest BCUT2D eigenvalue weighted by molar-refractivity contribution is 7.99. The van der Waals surface area contributed by atoms with Gasteiger partial charge in [0.2, 0.25) is 0 Å². The number of aryl methyl sites for hydroxylation is 2. The second kappa shape index (κ2) is 9.75. The van der Waals surface area contributed by atoms with Gasteiger partial charge in [-0.1, -0.05) is 68.1 Å². The second-order valence-corrected chi connectivity index (χ2v) is 10.1. The third kappa shape index (κ3) is 4.25. The molecule has 5 heteroatoms. The molecule has 3 aromatic heterocycles. The number of rotatable bonds is 6. The number of hydrogen-bond donors (Lipinski definition) is 1. The second-order valence-electron chi connectivity index (χ2n) is 9.05. The van der Waals surface area contributed by atoms with Crippen LogP contribution in [0.25, 0.3) is 38.9 Å². The topological polar surface area (TPSA) is 50.9 Å². The van der Waals surface area contributed by atoms with Crippen LogP contribution in [0.1, 0.15) is 25.0 Å². The molecule has 0 aliphatic rings. The fraction of sp³-hybridized carbons (Fsp3) is 0.125. The van der Waals surface area contributed by atoms with Gasteiger partial charge in [0.25, 0.3) is 0 Å². The zero-order valence-corrected chi connectivity index (χ0v) is 21.7. The van der Waals surface area contributed by atoms with Crippen LogP contribution < -0.4 is 0 Å². The Labute approximate surface area is 220 Å². The van der Waals surface area contributed by atoms with Gasteiger partial charge in [0.15, 0.2) is 0 Å². The Kier molecular flexibility index (Phi) is 6.15. The molecule has 3 aromatic carbocycles. The molecule has 0 aliphatic carbocycles. The summed E-state index contributed by atoms with van der Waals surface area (Å²) < 4.78 is 2.12. The van der Waals surface area contributed by atoms with E-state index in [1.54, 1.807) is 11.8 Å². The van der Waals surface area contributed by atoms with E-state index in [9.17, 15) is 5.11 Å². The lowest BCUT2D eigenvalue weighted by Crippen LogP contribution is -2.00. The first-order chi connectivity index (χ1) is 18.2. The highest BCUT2D eigenvalue weighted by atomic mass is 32.2. The van der Waals surface area contributed by atoms with Crippen molar-refractivity contribution in [3.8, 4) is 22.7 Å². The summed E-state index contributed by atoms with van der Waals surface area (Å²) in [4.78, 5) is 10.7. The average Bonchev–Trinajstić information content (AvgIpc) is 3.27. The van der Waals surface area contributed by atoms with Crippen molar-refractivity contribution in [1.29, 1.82) is 0 Å². The molecule has 182 valence electrons. The molecule has 0 spiro atoms. The molecule has 3 heterocycles. The normalized spacial score (nSPS) is 11.4. The molecule has 6 aromatic rings. The number of aromatic hydroxyl groups is 1. The number of hydrogen-bond acceptors (Lipinski definition) is 4. The van der Waals surface area contributed by atoms with Gasteiger partial charge < -0.3 is 5.11 Å². The van der Waals surface area contributed by atoms with E-state index in [1.165, 1.54) is 5.56 Å². The molecule has 6 rings (SSSR count). The van der Waals surface area contributed by atoms with Gasteiger partial charge in [-0.15, -0.1) is 0 Å². The summed E-state index contributed by atoms with van der Waals surface area (Å²) in [7, 11) is 0. The molecule has 0 amide bonds. The first-order valence-corrected chi connectivity index (χ1v) is 13.4. The fourth-order valence-corrected chi connectivity index (χ4v) is 5.71. The number of phenols is 1. The largest absolute Gasteiger partial charge is 0.505 e. The van der Waals surface area contributed by atoms with Gasteiger partial charge in [0, 0.05) is 27.4 Å². The van der Waals surface area contributed by atoms with Crippen LogP contribution in [0.3, 0.4) is 0 Å². The minimum Gasteiger partial charge on any atom is -0.505 e. The van der Waals surface area contributed by atoms with Crippen LogP contribution in [0.5, 0.6) is 5.75 Å². The van der Waals surface area contributed by atoms with E-state index in [1.807, 2.05) is 30.5 Å². The number of nitrogens with zero attached hydrogens (tertiary/aromatic N) is 3. The molecule has 1 N–H and O–H groups in total. The number of benzene rings is 3. The predicted molar refractivity (Wildman–Crippen MR) is 153 cm³/mol. The van der Waals surface area contributed by atoms with Crippen LogP contribution in [0.2, 0.25) is 0 Å². The van der Waals surface area contributed by atoms with Gasteiger partial charge in [-0.25, -0.2) is 9.97 Å². The van der Waals surface area contributed by atoms with Gasteiger partial charge in [0.05, 0.1) is 16.9 Å². The number of aromatic nitrogens is 3. The molecule has 37 heavy (non-hydrogen) atoms. The average molecular weight is 502 g/mol. The summed E-state index contributed by atoms with van der Waals surface area (Å²) in [5, 5.41) is 14.5. The van der Waals surface area contributed by atoms with E-state index >= 15 is 0 Å². The van der Waals surface area contributed by atoms with Crippen molar-refractivity contribution in [3.63, 3.8) is 0 Å². The van der Waals surface area contributed by atoms with Gasteiger partial charge in [-0.05, 0) is 72.5 Å². The van der Waals surface area contributed by atoms with E-state index in [4.69, 9.17) is 4.98 Å². The molecule has 0 fully saturated rings. The fourth-order valence-electron chi connectivity index (χ4n) is 4.88. The van der Waals surface area contributed by atoms with Crippen LogP contribution in [-0.2, 0) is 12.8 Å². The lowest BCUT2D eigenvalue weighted by atomic mass is 10.0. The first kappa shape index (κ1) is 23.3. The Morgan fingerprint density at radius 3 is 2.49 bits per heavy atom. The summed E-state index contributed by atoms with van der Waals surface area (Å²) in [6.07, 6.45) is 3.48. The predicted octanol–water partition coefficient (Wildman–Crippen LogP) is 8.22. The molecular weight excluding hydrogens is 474 g/mol. The van der Waals surface area contributed by atoms with Crippen LogP contribution in [0, 0.1) is 0 Å². The smallest absolute Gasteiger partial charge is 0.146 e. The molecule has 0 saturated carbocycles. The standard InChI is InChI=1S/C32H27N3OS/c1-3-21-18-22(4-2)31(36)29(19-21)35-28-13-6-5-12-25(28)26-15-16-27(34-32(26)35)23-10-9-11-24(20-23)37-30-14-7-8-17-33-30/h5-20,36H,3-4H2,1-2H3. The molecule has 0 radical (unpaired) electrons. The molecule has 0 bridgehead atoms. The van der Waals surface area contributed by atoms with Gasteiger partial charge in [-0.3, -0.25) is 4.57 Å². The number of phenolic OH excluding ortho intramolecular Hbond substituents is 1. The first-order valence-electron chi connectivity index (χ1n) is 12.6. The van der Waals surface area contributed by atoms with Gasteiger partial charge in [0.1, 0.15) is 16.4 Å². The van der Waals surface area contributed by atoms with Gasteiger partial charge in [-0.2, -0.15) is 0 Å². The van der Waals surface area contributed by atoms with Gasteiger partial charge >= 0.3 is 0 Å². The van der Waals surface area contributed by atoms with Crippen molar-refractivity contribution < 1.29 is 5.11 Å². The van der Waals surface area contributed by atoms with Crippen molar-refractivity contribution >= 4 is 33.7 Å². The van der Waals surface area contributed by atoms with Crippen LogP contribution in [0.15, 0.2) is 107 Å². The summed E-state index contributed by atoms with van der Waals surface area (Å²) >= 11 is 1.64. The molecule has 0 unspecified atom stereocenters. The summed E-state index contributed by atoms with van der Waals surface area (Å²) in [5.41, 5.74) is 6.75. The molecule has 0 aliphatic heterocycles. The lowest BCUT2D eigenvalue weighted by molar-refractivity contribution is 0.466. The third-order valence-corrected chi connectivity index (χ3v) is 7.71. The number of para-hydroxylation sites is 1. The molecule has 0 atom stereocenters. The lowest BCUT2D eigenvalue weighted by Gasteiger charge is -2.15. The van der Waals surface area contributed by atoms with Crippen molar-refractivity contribution in [2.75, 3.05) is 0 Å². The Morgan fingerprint density at radius 2 is 1.68 bits per heavy atom. The highest BCUT2D eigenvalue weighted by Crippen LogP contribution is 2.38. The quantitative estimate of drug-likeness (QED) is 0.250. The Balaban J connectivity index is 1.55. The minimum absolute atomic E-state index is 0.323. The number of fused-ring (bicyclic) bond motifs is 3. The van der Waals surface area contributed by atoms with Crippen molar-refractivity contribution in [2.24, 2.45) is 0 Å². The Morgan fingerprint density at radius 1 is 0.811 bits per heavy atom. The van der Waals surface area contributed by atoms with E-state index < -0.39 is 0 Å². The molecule has 4 nitrogen and oxygen atoms in total. The monoisotopic (exact) mass is 501 g/mol. The van der Waals surface area contributed by atoms with Crippen molar-refractivity contribution in [1.82, 2.24) is 14.5 Å². The van der Waals surface area contributed by atoms with E-state index in [2.05, 4.69) is 90.1 Å². The summed E-state index contributed by atoms with van der Waals surface area (Å²) in [6.45, 7) is 4.23. The summed E-state index contributed by atoms with van der Waals surface area (Å²) in [5.74, 6) is 0.323. The highest BCUT2D eigenvalue weighted by Gasteiger charge is 2.19. The van der Waals surface area contributed by atoms with Crippen LogP contribution >= 0.6 is 11.8 Å². The van der Waals surface area contributed by atoms with Crippen LogP contribution in [0.4, 0.5) is 0 Å². The maximum atomic E-state index is 11.3.